The molecule has 0 bridgehead atoms. The summed E-state index contributed by atoms with van der Waals surface area (Å²) in [7, 11) is 1.58. The van der Waals surface area contributed by atoms with Crippen LogP contribution in [0.5, 0.6) is 11.5 Å². The molecule has 1 unspecified atom stereocenters. The van der Waals surface area contributed by atoms with Crippen LogP contribution in [0, 0.1) is 0 Å². The molecule has 1 aromatic carbocycles. The highest BCUT2D eigenvalue weighted by Gasteiger charge is 2.35. The van der Waals surface area contributed by atoms with Gasteiger partial charge in [-0.2, -0.15) is 0 Å². The minimum Gasteiger partial charge on any atom is -0.493 e. The minimum absolute atomic E-state index is 0.270. The number of unbranched alkanes of at least 4 members (excludes halogenated alkanes) is 1. The van der Waals surface area contributed by atoms with E-state index in [2.05, 4.69) is 12.2 Å². The fourth-order valence-corrected chi connectivity index (χ4v) is 2.80. The third kappa shape index (κ3) is 5.11. The molecule has 144 valence electrons. The average Bonchev–Trinajstić information content (AvgIpc) is 3.12. The topological polar surface area (TPSA) is 94.1 Å². The summed E-state index contributed by atoms with van der Waals surface area (Å²) in [5.74, 6) is -0.0466. The zero-order chi connectivity index (χ0) is 19.1. The molecule has 2 rings (SSSR count). The van der Waals surface area contributed by atoms with Crippen LogP contribution in [0.25, 0.3) is 0 Å². The van der Waals surface area contributed by atoms with E-state index < -0.39 is 18.2 Å². The highest BCUT2D eigenvalue weighted by atomic mass is 16.5. The van der Waals surface area contributed by atoms with Crippen molar-refractivity contribution in [1.82, 2.24) is 5.32 Å². The van der Waals surface area contributed by atoms with Gasteiger partial charge >= 0.3 is 5.97 Å². The normalized spacial score (nSPS) is 20.4. The molecule has 1 heterocycles. The quantitative estimate of drug-likeness (QED) is 0.654. The van der Waals surface area contributed by atoms with Gasteiger partial charge in [0.2, 0.25) is 5.91 Å². The smallest absolute Gasteiger partial charge is 0.332 e. The first-order chi connectivity index (χ1) is 12.5. The van der Waals surface area contributed by atoms with Crippen molar-refractivity contribution in [1.29, 1.82) is 0 Å². The number of carbonyl (C=O) groups excluding carboxylic acids is 1. The number of carboxylic acids is 1. The van der Waals surface area contributed by atoms with E-state index in [9.17, 15) is 9.59 Å². The Kier molecular flexibility index (Phi) is 7.26. The maximum atomic E-state index is 12.3. The molecule has 7 heteroatoms. The van der Waals surface area contributed by atoms with Crippen LogP contribution in [0.4, 0.5) is 0 Å². The second-order valence-corrected chi connectivity index (χ2v) is 6.37. The third-order valence-electron chi connectivity index (χ3n) is 4.39. The van der Waals surface area contributed by atoms with Crippen LogP contribution in [0.1, 0.15) is 51.1 Å². The molecule has 1 saturated heterocycles. The van der Waals surface area contributed by atoms with E-state index in [0.29, 0.717) is 30.9 Å². The van der Waals surface area contributed by atoms with Crippen molar-refractivity contribution in [2.45, 2.75) is 57.8 Å². The number of benzene rings is 1. The molecular weight excluding hydrogens is 338 g/mol. The van der Waals surface area contributed by atoms with E-state index >= 15 is 0 Å². The van der Waals surface area contributed by atoms with Crippen LogP contribution >= 0.6 is 0 Å². The lowest BCUT2D eigenvalue weighted by atomic mass is 10.1. The number of hydrogen-bond donors (Lipinski definition) is 2. The van der Waals surface area contributed by atoms with E-state index in [1.165, 1.54) is 0 Å². The van der Waals surface area contributed by atoms with Crippen LogP contribution in [0.2, 0.25) is 0 Å². The lowest BCUT2D eigenvalue weighted by Crippen LogP contribution is -2.37. The van der Waals surface area contributed by atoms with Crippen LogP contribution < -0.4 is 14.8 Å². The summed E-state index contributed by atoms with van der Waals surface area (Å²) < 4.78 is 16.4. The van der Waals surface area contributed by atoms with Crippen LogP contribution in [-0.4, -0.2) is 42.9 Å². The van der Waals surface area contributed by atoms with Gasteiger partial charge in [-0.1, -0.05) is 19.4 Å². The van der Waals surface area contributed by atoms with Crippen molar-refractivity contribution >= 4 is 11.9 Å². The number of carboxylic acid groups (broad SMARTS) is 1. The number of aliphatic carboxylic acids is 1. The molecule has 0 radical (unpaired) electrons. The summed E-state index contributed by atoms with van der Waals surface area (Å²) >= 11 is 0. The molecule has 26 heavy (non-hydrogen) atoms. The second kappa shape index (κ2) is 9.43. The Labute approximate surface area is 153 Å². The number of amides is 1. The number of methoxy groups -OCH3 is 1. The first-order valence-corrected chi connectivity index (χ1v) is 8.95. The molecule has 0 aromatic heterocycles. The summed E-state index contributed by atoms with van der Waals surface area (Å²) in [6.07, 6.45) is 1.14. The van der Waals surface area contributed by atoms with Crippen LogP contribution in [0.15, 0.2) is 18.2 Å². The maximum Gasteiger partial charge on any atom is 0.332 e. The predicted molar refractivity (Wildman–Crippen MR) is 95.5 cm³/mol. The van der Waals surface area contributed by atoms with E-state index in [1.54, 1.807) is 7.11 Å². The average molecular weight is 365 g/mol. The Balaban J connectivity index is 1.97. The van der Waals surface area contributed by atoms with Crippen molar-refractivity contribution in [2.75, 3.05) is 13.7 Å². The van der Waals surface area contributed by atoms with Gasteiger partial charge < -0.3 is 24.6 Å². The lowest BCUT2D eigenvalue weighted by Gasteiger charge is -2.19. The molecule has 1 aromatic rings. The molecule has 0 aliphatic carbocycles. The molecule has 0 spiro atoms. The first-order valence-electron chi connectivity index (χ1n) is 8.95. The number of ether oxygens (including phenoxy) is 3. The lowest BCUT2D eigenvalue weighted by molar-refractivity contribution is -0.151. The standard InChI is InChI=1S/C19H27NO6/c1-4-5-10-25-14-7-6-13(11-17(14)24-3)12(2)20-18(21)15-8-9-16(26-15)19(22)23/h6-7,11-12,15-16H,4-5,8-10H2,1-3H3,(H,20,21)(H,22,23)/t12?,15-,16+/m0/s1. The monoisotopic (exact) mass is 365 g/mol. The van der Waals surface area contributed by atoms with E-state index in [-0.39, 0.29) is 11.9 Å². The van der Waals surface area contributed by atoms with Gasteiger partial charge in [0.15, 0.2) is 17.6 Å². The molecule has 0 saturated carbocycles. The molecule has 1 aliphatic heterocycles. The molecule has 7 nitrogen and oxygen atoms in total. The SMILES string of the molecule is CCCCOc1ccc(C(C)NC(=O)[C@@H]2CC[C@H](C(=O)O)O2)cc1OC. The summed E-state index contributed by atoms with van der Waals surface area (Å²) in [6, 6.07) is 5.28. The second-order valence-electron chi connectivity index (χ2n) is 6.37. The Morgan fingerprint density at radius 3 is 2.65 bits per heavy atom. The van der Waals surface area contributed by atoms with Gasteiger partial charge in [-0.3, -0.25) is 4.79 Å². The molecule has 1 fully saturated rings. The third-order valence-corrected chi connectivity index (χ3v) is 4.39. The molecular formula is C19H27NO6. The van der Waals surface area contributed by atoms with Crippen molar-refractivity contribution in [2.24, 2.45) is 0 Å². The van der Waals surface area contributed by atoms with Gasteiger partial charge in [-0.25, -0.2) is 4.79 Å². The molecule has 1 aliphatic rings. The summed E-state index contributed by atoms with van der Waals surface area (Å²) in [4.78, 5) is 23.2. The summed E-state index contributed by atoms with van der Waals surface area (Å²) in [6.45, 7) is 4.58. The Morgan fingerprint density at radius 1 is 1.31 bits per heavy atom. The van der Waals surface area contributed by atoms with Crippen LogP contribution in [-0.2, 0) is 14.3 Å². The van der Waals surface area contributed by atoms with E-state index in [0.717, 1.165) is 18.4 Å². The number of nitrogens with one attached hydrogen (secondary N) is 1. The Hall–Kier alpha value is -2.28. The van der Waals surface area contributed by atoms with Gasteiger partial charge in [0.05, 0.1) is 19.8 Å². The van der Waals surface area contributed by atoms with Gasteiger partial charge in [-0.15, -0.1) is 0 Å². The molecule has 2 N–H and O–H groups in total. The zero-order valence-electron chi connectivity index (χ0n) is 15.5. The van der Waals surface area contributed by atoms with Gasteiger partial charge in [-0.05, 0) is 43.9 Å². The minimum atomic E-state index is -1.03. The first kappa shape index (κ1) is 20.0. The highest BCUT2D eigenvalue weighted by molar-refractivity contribution is 5.83. The maximum absolute atomic E-state index is 12.3. The van der Waals surface area contributed by atoms with Crippen molar-refractivity contribution in [3.63, 3.8) is 0 Å². The van der Waals surface area contributed by atoms with Crippen molar-refractivity contribution in [3.05, 3.63) is 23.8 Å². The Morgan fingerprint density at radius 2 is 2.04 bits per heavy atom. The largest absolute Gasteiger partial charge is 0.493 e. The van der Waals surface area contributed by atoms with Crippen molar-refractivity contribution < 1.29 is 28.9 Å². The molecule has 3 atom stereocenters. The van der Waals surface area contributed by atoms with Crippen LogP contribution in [0.3, 0.4) is 0 Å². The highest BCUT2D eigenvalue weighted by Crippen LogP contribution is 2.31. The van der Waals surface area contributed by atoms with Gasteiger partial charge in [0, 0.05) is 0 Å². The predicted octanol–water partition coefficient (Wildman–Crippen LogP) is 2.68. The van der Waals surface area contributed by atoms with Gasteiger partial charge in [0.25, 0.3) is 0 Å². The number of carbonyl (C=O) groups is 2. The summed E-state index contributed by atoms with van der Waals surface area (Å²) in [5.41, 5.74) is 0.867. The molecule has 1 amide bonds. The van der Waals surface area contributed by atoms with Gasteiger partial charge in [0.1, 0.15) is 6.10 Å². The summed E-state index contributed by atoms with van der Waals surface area (Å²) in [5, 5.41) is 11.8. The number of hydrogen-bond acceptors (Lipinski definition) is 5. The Bertz CT molecular complexity index is 632. The van der Waals surface area contributed by atoms with Crippen molar-refractivity contribution in [3.8, 4) is 11.5 Å². The zero-order valence-corrected chi connectivity index (χ0v) is 15.5. The van der Waals surface area contributed by atoms with E-state index in [4.69, 9.17) is 19.3 Å². The fourth-order valence-electron chi connectivity index (χ4n) is 2.80. The number of rotatable bonds is 9. The van der Waals surface area contributed by atoms with E-state index in [1.807, 2.05) is 25.1 Å². The fraction of sp³-hybridized carbons (Fsp3) is 0.579.